The van der Waals surface area contributed by atoms with Crippen LogP contribution in [0.3, 0.4) is 0 Å². The molecule has 3 unspecified atom stereocenters. The summed E-state index contributed by atoms with van der Waals surface area (Å²) in [5.74, 6) is 0.929. The lowest BCUT2D eigenvalue weighted by atomic mass is 9.84. The molecule has 1 aromatic rings. The van der Waals surface area contributed by atoms with E-state index < -0.39 is 24.0 Å². The number of piperidine rings is 1. The highest BCUT2D eigenvalue weighted by Gasteiger charge is 2.38. The summed E-state index contributed by atoms with van der Waals surface area (Å²) in [6, 6.07) is 5.07. The highest BCUT2D eigenvalue weighted by molar-refractivity contribution is 7.99. The van der Waals surface area contributed by atoms with Crippen molar-refractivity contribution < 1.29 is 27.8 Å². The summed E-state index contributed by atoms with van der Waals surface area (Å²) in [4.78, 5) is 16.0. The van der Waals surface area contributed by atoms with Gasteiger partial charge in [0.25, 0.3) is 0 Å². The normalized spacial score (nSPS) is 26.0. The number of carbonyl (C=O) groups is 1. The summed E-state index contributed by atoms with van der Waals surface area (Å²) in [5, 5.41) is 10.8. The number of likely N-dealkylation sites (tertiary alicyclic amines) is 1. The van der Waals surface area contributed by atoms with Crippen molar-refractivity contribution >= 4 is 17.7 Å². The number of hydrogen-bond acceptors (Lipinski definition) is 6. The van der Waals surface area contributed by atoms with Gasteiger partial charge in [-0.1, -0.05) is 12.1 Å². The van der Waals surface area contributed by atoms with Crippen LogP contribution in [-0.2, 0) is 15.7 Å². The quantitative estimate of drug-likeness (QED) is 0.759. The summed E-state index contributed by atoms with van der Waals surface area (Å²) in [5.41, 5.74) is 0.0345. The molecule has 0 amide bonds. The van der Waals surface area contributed by atoms with Gasteiger partial charge in [-0.05, 0) is 30.0 Å². The second kappa shape index (κ2) is 9.02. The van der Waals surface area contributed by atoms with E-state index in [-0.39, 0.29) is 11.9 Å². The van der Waals surface area contributed by atoms with Crippen LogP contribution in [0.2, 0.25) is 0 Å². The zero-order valence-corrected chi connectivity index (χ0v) is 16.5. The molecule has 2 aliphatic rings. The molecule has 2 saturated heterocycles. The number of benzene rings is 1. The van der Waals surface area contributed by atoms with Crippen LogP contribution < -0.4 is 0 Å². The first-order chi connectivity index (χ1) is 13.3. The summed E-state index contributed by atoms with van der Waals surface area (Å²) in [7, 11) is 1.33. The smallest absolute Gasteiger partial charge is 0.416 e. The highest BCUT2D eigenvalue weighted by atomic mass is 32.2. The van der Waals surface area contributed by atoms with E-state index in [4.69, 9.17) is 4.74 Å². The number of halogens is 3. The van der Waals surface area contributed by atoms with Crippen LogP contribution in [0.15, 0.2) is 24.3 Å². The number of ether oxygens (including phenoxy) is 1. The molecule has 1 N–H and O–H groups in total. The predicted octanol–water partition coefficient (Wildman–Crippen LogP) is 2.61. The van der Waals surface area contributed by atoms with Crippen molar-refractivity contribution in [2.24, 2.45) is 5.92 Å². The number of aliphatic hydroxyl groups is 1. The third kappa shape index (κ3) is 5.00. The van der Waals surface area contributed by atoms with Gasteiger partial charge < -0.3 is 9.84 Å². The maximum atomic E-state index is 12.8. The Hall–Kier alpha value is -1.29. The second-order valence-corrected chi connectivity index (χ2v) is 8.45. The van der Waals surface area contributed by atoms with Crippen molar-refractivity contribution in [3.05, 3.63) is 35.4 Å². The van der Waals surface area contributed by atoms with E-state index in [9.17, 15) is 23.1 Å². The minimum Gasteiger partial charge on any atom is -0.469 e. The van der Waals surface area contributed by atoms with E-state index in [0.717, 1.165) is 42.3 Å². The number of thioether (sulfide) groups is 1. The lowest BCUT2D eigenvalue weighted by molar-refractivity contribution is -0.156. The first kappa shape index (κ1) is 21.4. The Morgan fingerprint density at radius 1 is 1.18 bits per heavy atom. The second-order valence-electron chi connectivity index (χ2n) is 7.22. The van der Waals surface area contributed by atoms with Crippen LogP contribution >= 0.6 is 11.8 Å². The first-order valence-corrected chi connectivity index (χ1v) is 10.4. The van der Waals surface area contributed by atoms with E-state index >= 15 is 0 Å². The van der Waals surface area contributed by atoms with Gasteiger partial charge in [0.2, 0.25) is 0 Å². The van der Waals surface area contributed by atoms with Crippen molar-refractivity contribution in [2.45, 2.75) is 24.9 Å². The Kier molecular flexibility index (Phi) is 6.90. The molecule has 3 rings (SSSR count). The number of esters is 1. The Bertz CT molecular complexity index is 665. The van der Waals surface area contributed by atoms with Gasteiger partial charge in [0.15, 0.2) is 6.35 Å². The minimum absolute atomic E-state index is 0.158. The molecule has 2 aliphatic heterocycles. The largest absolute Gasteiger partial charge is 0.469 e. The fraction of sp³-hybridized carbons (Fsp3) is 0.632. The highest BCUT2D eigenvalue weighted by Crippen LogP contribution is 2.35. The zero-order valence-electron chi connectivity index (χ0n) is 15.7. The van der Waals surface area contributed by atoms with Crippen molar-refractivity contribution in [2.75, 3.05) is 44.8 Å². The van der Waals surface area contributed by atoms with Crippen LogP contribution in [0.1, 0.15) is 23.5 Å². The van der Waals surface area contributed by atoms with Gasteiger partial charge in [-0.3, -0.25) is 14.6 Å². The van der Waals surface area contributed by atoms with Crippen molar-refractivity contribution in [3.63, 3.8) is 0 Å². The predicted molar refractivity (Wildman–Crippen MR) is 101 cm³/mol. The maximum absolute atomic E-state index is 12.8. The average Bonchev–Trinajstić information content (AvgIpc) is 2.72. The Labute approximate surface area is 166 Å². The number of rotatable bonds is 4. The SMILES string of the molecule is COC(=O)C1CC(c2ccc(C(F)(F)F)cc2)CN(C(O)N2CCSCC2)C1. The van der Waals surface area contributed by atoms with E-state index in [1.807, 2.05) is 21.6 Å². The Balaban J connectivity index is 1.78. The van der Waals surface area contributed by atoms with Gasteiger partial charge in [-0.15, -0.1) is 0 Å². The molecule has 0 aliphatic carbocycles. The molecular formula is C19H25F3N2O3S. The fourth-order valence-electron chi connectivity index (χ4n) is 3.88. The molecule has 2 heterocycles. The van der Waals surface area contributed by atoms with Gasteiger partial charge in [0.1, 0.15) is 0 Å². The summed E-state index contributed by atoms with van der Waals surface area (Å²) in [6.07, 6.45) is -4.71. The molecule has 0 spiro atoms. The molecule has 0 saturated carbocycles. The molecule has 1 aromatic carbocycles. The van der Waals surface area contributed by atoms with Crippen molar-refractivity contribution in [1.29, 1.82) is 0 Å². The number of methoxy groups -OCH3 is 1. The number of hydrogen-bond donors (Lipinski definition) is 1. The molecule has 28 heavy (non-hydrogen) atoms. The number of alkyl halides is 3. The number of nitrogens with zero attached hydrogens (tertiary/aromatic N) is 2. The van der Waals surface area contributed by atoms with Crippen LogP contribution in [0, 0.1) is 5.92 Å². The van der Waals surface area contributed by atoms with Gasteiger partial charge in [0, 0.05) is 37.7 Å². The molecule has 156 valence electrons. The Morgan fingerprint density at radius 2 is 1.82 bits per heavy atom. The third-order valence-corrected chi connectivity index (χ3v) is 6.36. The molecule has 0 aromatic heterocycles. The zero-order chi connectivity index (χ0) is 20.3. The average molecular weight is 418 g/mol. The molecule has 3 atom stereocenters. The molecular weight excluding hydrogens is 393 g/mol. The topological polar surface area (TPSA) is 53.0 Å². The summed E-state index contributed by atoms with van der Waals surface area (Å²) < 4.78 is 43.4. The van der Waals surface area contributed by atoms with E-state index in [0.29, 0.717) is 19.5 Å². The van der Waals surface area contributed by atoms with Crippen LogP contribution in [-0.4, -0.2) is 72.0 Å². The van der Waals surface area contributed by atoms with Crippen LogP contribution in [0.4, 0.5) is 13.2 Å². The van der Waals surface area contributed by atoms with Gasteiger partial charge in [0.05, 0.1) is 18.6 Å². The van der Waals surface area contributed by atoms with E-state index in [1.165, 1.54) is 19.2 Å². The first-order valence-electron chi connectivity index (χ1n) is 9.28. The third-order valence-electron chi connectivity index (χ3n) is 5.42. The Morgan fingerprint density at radius 3 is 2.39 bits per heavy atom. The van der Waals surface area contributed by atoms with Crippen molar-refractivity contribution in [1.82, 2.24) is 9.80 Å². The lowest BCUT2D eigenvalue weighted by Crippen LogP contribution is -2.56. The summed E-state index contributed by atoms with van der Waals surface area (Å²) in [6.45, 7) is 2.37. The lowest BCUT2D eigenvalue weighted by Gasteiger charge is -2.43. The van der Waals surface area contributed by atoms with E-state index in [2.05, 4.69) is 0 Å². The van der Waals surface area contributed by atoms with Crippen LogP contribution in [0.5, 0.6) is 0 Å². The summed E-state index contributed by atoms with van der Waals surface area (Å²) >= 11 is 1.84. The maximum Gasteiger partial charge on any atom is 0.416 e. The monoisotopic (exact) mass is 418 g/mol. The molecule has 0 bridgehead atoms. The van der Waals surface area contributed by atoms with E-state index in [1.54, 1.807) is 0 Å². The number of aliphatic hydroxyl groups excluding tert-OH is 1. The number of carbonyl (C=O) groups excluding carboxylic acids is 1. The van der Waals surface area contributed by atoms with Crippen molar-refractivity contribution in [3.8, 4) is 0 Å². The molecule has 5 nitrogen and oxygen atoms in total. The molecule has 2 fully saturated rings. The van der Waals surface area contributed by atoms with Crippen LogP contribution in [0.25, 0.3) is 0 Å². The fourth-order valence-corrected chi connectivity index (χ4v) is 4.82. The van der Waals surface area contributed by atoms with Gasteiger partial charge in [-0.2, -0.15) is 24.9 Å². The van der Waals surface area contributed by atoms with Gasteiger partial charge >= 0.3 is 12.1 Å². The minimum atomic E-state index is -4.38. The standard InChI is InChI=1S/C19H25F3N2O3S/c1-27-17(25)15-10-14(13-2-4-16(5-3-13)19(20,21)22)11-24(12-15)18(26)23-6-8-28-9-7-23/h2-5,14-15,18,26H,6-12H2,1H3. The molecule has 0 radical (unpaired) electrons. The molecule has 9 heteroatoms. The van der Waals surface area contributed by atoms with Gasteiger partial charge in [-0.25, -0.2) is 0 Å².